The molecule has 5 heteroatoms. The summed E-state index contributed by atoms with van der Waals surface area (Å²) < 4.78 is 5.88. The van der Waals surface area contributed by atoms with Crippen LogP contribution in [0.25, 0.3) is 0 Å². The second kappa shape index (κ2) is 11.1. The standard InChI is InChI=1S/C21H30N4O/c1-4-13-26-20-14-17(3)8-9-19(20)16-25-21(23-5-2)24-12-10-18-7-6-11-22-15-18/h6-9,11,14-15H,4-5,10,12-13,16H2,1-3H3,(H2,23,24,25). The first-order valence-corrected chi connectivity index (χ1v) is 9.36. The lowest BCUT2D eigenvalue weighted by atomic mass is 10.1. The summed E-state index contributed by atoms with van der Waals surface area (Å²) in [5.74, 6) is 1.75. The van der Waals surface area contributed by atoms with Gasteiger partial charge in [0.2, 0.25) is 0 Å². The van der Waals surface area contributed by atoms with Crippen molar-refractivity contribution in [2.75, 3.05) is 19.7 Å². The Bertz CT molecular complexity index is 686. The molecule has 5 nitrogen and oxygen atoms in total. The number of nitrogens with zero attached hydrogens (tertiary/aromatic N) is 2. The Balaban J connectivity index is 1.97. The molecule has 0 amide bonds. The maximum atomic E-state index is 5.88. The molecule has 1 aromatic heterocycles. The first-order valence-electron chi connectivity index (χ1n) is 9.36. The lowest BCUT2D eigenvalue weighted by Gasteiger charge is -2.13. The Morgan fingerprint density at radius 3 is 2.81 bits per heavy atom. The Morgan fingerprint density at radius 2 is 2.08 bits per heavy atom. The average Bonchev–Trinajstić information content (AvgIpc) is 2.66. The van der Waals surface area contributed by atoms with Crippen LogP contribution in [0.4, 0.5) is 0 Å². The van der Waals surface area contributed by atoms with E-state index in [1.54, 1.807) is 6.20 Å². The molecule has 2 rings (SSSR count). The van der Waals surface area contributed by atoms with Crippen LogP contribution in [-0.4, -0.2) is 30.6 Å². The first kappa shape index (κ1) is 19.8. The SMILES string of the molecule is CCCOc1cc(C)ccc1CN=C(NCC)NCCc1cccnc1. The minimum Gasteiger partial charge on any atom is -0.493 e. The maximum absolute atomic E-state index is 5.88. The van der Waals surface area contributed by atoms with E-state index in [0.29, 0.717) is 6.54 Å². The number of aromatic nitrogens is 1. The van der Waals surface area contributed by atoms with E-state index in [4.69, 9.17) is 9.73 Å². The molecule has 1 heterocycles. The van der Waals surface area contributed by atoms with Crippen LogP contribution < -0.4 is 15.4 Å². The Labute approximate surface area is 156 Å². The quantitative estimate of drug-likeness (QED) is 0.535. The zero-order valence-electron chi connectivity index (χ0n) is 16.1. The highest BCUT2D eigenvalue weighted by Gasteiger charge is 2.05. The van der Waals surface area contributed by atoms with E-state index in [2.05, 4.69) is 60.7 Å². The van der Waals surface area contributed by atoms with Crippen LogP contribution in [0.3, 0.4) is 0 Å². The van der Waals surface area contributed by atoms with Gasteiger partial charge in [-0.2, -0.15) is 0 Å². The number of hydrogen-bond donors (Lipinski definition) is 2. The molecule has 0 spiro atoms. The van der Waals surface area contributed by atoms with Crippen molar-refractivity contribution in [1.82, 2.24) is 15.6 Å². The minimum atomic E-state index is 0.585. The van der Waals surface area contributed by atoms with Crippen molar-refractivity contribution in [2.45, 2.75) is 40.2 Å². The number of rotatable bonds is 9. The summed E-state index contributed by atoms with van der Waals surface area (Å²) in [5.41, 5.74) is 3.52. The predicted molar refractivity (Wildman–Crippen MR) is 108 cm³/mol. The predicted octanol–water partition coefficient (Wildman–Crippen LogP) is 3.48. The number of benzene rings is 1. The van der Waals surface area contributed by atoms with Crippen molar-refractivity contribution in [3.8, 4) is 5.75 Å². The maximum Gasteiger partial charge on any atom is 0.191 e. The third kappa shape index (κ3) is 6.75. The number of aliphatic imine (C=N–C) groups is 1. The fourth-order valence-corrected chi connectivity index (χ4v) is 2.52. The Hall–Kier alpha value is -2.56. The lowest BCUT2D eigenvalue weighted by Crippen LogP contribution is -2.38. The molecule has 26 heavy (non-hydrogen) atoms. The number of ether oxygens (including phenoxy) is 1. The molecular formula is C21H30N4O. The number of nitrogens with one attached hydrogen (secondary N) is 2. The Morgan fingerprint density at radius 1 is 1.19 bits per heavy atom. The smallest absolute Gasteiger partial charge is 0.191 e. The number of hydrogen-bond acceptors (Lipinski definition) is 3. The van der Waals surface area contributed by atoms with Gasteiger partial charge in [-0.1, -0.05) is 25.1 Å². The molecule has 2 aromatic rings. The first-order chi connectivity index (χ1) is 12.7. The van der Waals surface area contributed by atoms with Gasteiger partial charge in [0.05, 0.1) is 13.2 Å². The summed E-state index contributed by atoms with van der Waals surface area (Å²) in [6, 6.07) is 10.3. The molecule has 0 saturated heterocycles. The molecule has 1 aromatic carbocycles. The van der Waals surface area contributed by atoms with Gasteiger partial charge in [0, 0.05) is 31.0 Å². The fourth-order valence-electron chi connectivity index (χ4n) is 2.52. The van der Waals surface area contributed by atoms with Gasteiger partial charge < -0.3 is 15.4 Å². The average molecular weight is 354 g/mol. The van der Waals surface area contributed by atoms with Crippen LogP contribution in [0, 0.1) is 6.92 Å². The van der Waals surface area contributed by atoms with Crippen LogP contribution in [0.5, 0.6) is 5.75 Å². The molecular weight excluding hydrogens is 324 g/mol. The molecule has 0 bridgehead atoms. The van der Waals surface area contributed by atoms with Crippen molar-refractivity contribution >= 4 is 5.96 Å². The van der Waals surface area contributed by atoms with Crippen molar-refractivity contribution in [1.29, 1.82) is 0 Å². The second-order valence-corrected chi connectivity index (χ2v) is 6.19. The molecule has 0 atom stereocenters. The van der Waals surface area contributed by atoms with E-state index in [1.807, 2.05) is 12.3 Å². The van der Waals surface area contributed by atoms with E-state index in [1.165, 1.54) is 11.1 Å². The zero-order chi connectivity index (χ0) is 18.6. The minimum absolute atomic E-state index is 0.585. The van der Waals surface area contributed by atoms with E-state index in [0.717, 1.165) is 49.8 Å². The highest BCUT2D eigenvalue weighted by atomic mass is 16.5. The zero-order valence-corrected chi connectivity index (χ0v) is 16.1. The van der Waals surface area contributed by atoms with E-state index in [9.17, 15) is 0 Å². The van der Waals surface area contributed by atoms with Gasteiger partial charge in [-0.15, -0.1) is 0 Å². The second-order valence-electron chi connectivity index (χ2n) is 6.19. The lowest BCUT2D eigenvalue weighted by molar-refractivity contribution is 0.314. The molecule has 0 aliphatic heterocycles. The molecule has 0 fully saturated rings. The van der Waals surface area contributed by atoms with Gasteiger partial charge in [-0.05, 0) is 49.9 Å². The summed E-state index contributed by atoms with van der Waals surface area (Å²) >= 11 is 0. The number of guanidine groups is 1. The summed E-state index contributed by atoms with van der Waals surface area (Å²) in [6.45, 7) is 9.21. The molecule has 2 N–H and O–H groups in total. The summed E-state index contributed by atoms with van der Waals surface area (Å²) in [7, 11) is 0. The topological polar surface area (TPSA) is 58.5 Å². The summed E-state index contributed by atoms with van der Waals surface area (Å²) in [4.78, 5) is 8.86. The van der Waals surface area contributed by atoms with Crippen LogP contribution in [0.1, 0.15) is 37.0 Å². The van der Waals surface area contributed by atoms with Crippen molar-refractivity contribution in [2.24, 2.45) is 4.99 Å². The van der Waals surface area contributed by atoms with Crippen molar-refractivity contribution in [3.63, 3.8) is 0 Å². The Kier molecular flexibility index (Phi) is 8.46. The molecule has 0 unspecified atom stereocenters. The largest absolute Gasteiger partial charge is 0.493 e. The van der Waals surface area contributed by atoms with Crippen LogP contribution in [-0.2, 0) is 13.0 Å². The molecule has 0 aliphatic rings. The van der Waals surface area contributed by atoms with Crippen LogP contribution in [0.2, 0.25) is 0 Å². The molecule has 0 aliphatic carbocycles. The van der Waals surface area contributed by atoms with Gasteiger partial charge in [0.25, 0.3) is 0 Å². The summed E-state index contributed by atoms with van der Waals surface area (Å²) in [6.07, 6.45) is 5.60. The molecule has 140 valence electrons. The van der Waals surface area contributed by atoms with Crippen molar-refractivity contribution in [3.05, 3.63) is 59.4 Å². The molecule has 0 radical (unpaired) electrons. The van der Waals surface area contributed by atoms with E-state index >= 15 is 0 Å². The van der Waals surface area contributed by atoms with Crippen LogP contribution >= 0.6 is 0 Å². The number of pyridine rings is 1. The molecule has 0 saturated carbocycles. The highest BCUT2D eigenvalue weighted by molar-refractivity contribution is 5.79. The highest BCUT2D eigenvalue weighted by Crippen LogP contribution is 2.21. The van der Waals surface area contributed by atoms with Gasteiger partial charge >= 0.3 is 0 Å². The van der Waals surface area contributed by atoms with Gasteiger partial charge in [0.15, 0.2) is 5.96 Å². The van der Waals surface area contributed by atoms with Gasteiger partial charge in [-0.25, -0.2) is 4.99 Å². The van der Waals surface area contributed by atoms with Crippen molar-refractivity contribution < 1.29 is 4.74 Å². The monoisotopic (exact) mass is 354 g/mol. The normalized spacial score (nSPS) is 11.3. The number of aryl methyl sites for hydroxylation is 1. The van der Waals surface area contributed by atoms with Gasteiger partial charge in [-0.3, -0.25) is 4.98 Å². The van der Waals surface area contributed by atoms with Crippen LogP contribution in [0.15, 0.2) is 47.7 Å². The van der Waals surface area contributed by atoms with E-state index < -0.39 is 0 Å². The van der Waals surface area contributed by atoms with E-state index in [-0.39, 0.29) is 0 Å². The third-order valence-corrected chi connectivity index (χ3v) is 3.87. The fraction of sp³-hybridized carbons (Fsp3) is 0.429. The summed E-state index contributed by atoms with van der Waals surface area (Å²) in [5, 5.41) is 6.68. The van der Waals surface area contributed by atoms with Gasteiger partial charge in [0.1, 0.15) is 5.75 Å². The third-order valence-electron chi connectivity index (χ3n) is 3.87.